The Labute approximate surface area is 96.3 Å². The van der Waals surface area contributed by atoms with Crippen LogP contribution in [0.5, 0.6) is 0 Å². The molecule has 0 heterocycles. The van der Waals surface area contributed by atoms with Crippen LogP contribution in [-0.2, 0) is 16.6 Å². The van der Waals surface area contributed by atoms with E-state index in [0.29, 0.717) is 0 Å². The Kier molecular flexibility index (Phi) is 2.53. The first kappa shape index (κ1) is 11.2. The van der Waals surface area contributed by atoms with Gasteiger partial charge in [-0.3, -0.25) is 4.79 Å². The zero-order valence-electron chi connectivity index (χ0n) is 10.1. The minimum absolute atomic E-state index is 0.135. The fraction of sp³-hybridized carbons (Fsp3) is 0.500. The molecule has 2 heteroatoms. The smallest absolute Gasteiger partial charge is 0.310 e. The molecule has 1 aromatic carbocycles. The van der Waals surface area contributed by atoms with Crippen LogP contribution in [0.4, 0.5) is 0 Å². The van der Waals surface area contributed by atoms with Gasteiger partial charge in [-0.2, -0.15) is 0 Å². The second-order valence-corrected chi connectivity index (χ2v) is 5.59. The number of aliphatic carboxylic acids is 1. The fourth-order valence-corrected chi connectivity index (χ4v) is 2.34. The summed E-state index contributed by atoms with van der Waals surface area (Å²) in [6.45, 7) is 6.54. The number of carbonyl (C=O) groups is 1. The van der Waals surface area contributed by atoms with Crippen molar-refractivity contribution in [1.82, 2.24) is 0 Å². The molecular weight excluding hydrogens is 200 g/mol. The van der Waals surface area contributed by atoms with E-state index in [2.05, 4.69) is 32.9 Å². The Balaban J connectivity index is 2.40. The van der Waals surface area contributed by atoms with Crippen LogP contribution in [0.3, 0.4) is 0 Å². The molecule has 0 aliphatic heterocycles. The number of rotatable bonds is 1. The molecule has 1 atom stereocenters. The molecule has 86 valence electrons. The molecule has 1 aliphatic rings. The molecule has 1 N–H and O–H groups in total. The standard InChI is InChI=1S/C14H18O2/c1-14(2,3)10-5-7-11-9(8-10)4-6-12(11)13(15)16/h5,7-8,12H,4,6H2,1-3H3,(H,15,16). The molecule has 2 nitrogen and oxygen atoms in total. The Morgan fingerprint density at radius 2 is 2.06 bits per heavy atom. The Hall–Kier alpha value is -1.31. The Morgan fingerprint density at radius 1 is 1.38 bits per heavy atom. The van der Waals surface area contributed by atoms with E-state index in [1.54, 1.807) is 0 Å². The largest absolute Gasteiger partial charge is 0.481 e. The maximum absolute atomic E-state index is 11.0. The van der Waals surface area contributed by atoms with E-state index >= 15 is 0 Å². The topological polar surface area (TPSA) is 37.3 Å². The third-order valence-electron chi connectivity index (χ3n) is 3.38. The van der Waals surface area contributed by atoms with Gasteiger partial charge in [-0.1, -0.05) is 39.0 Å². The highest BCUT2D eigenvalue weighted by Crippen LogP contribution is 2.35. The van der Waals surface area contributed by atoms with Gasteiger partial charge in [0.05, 0.1) is 5.92 Å². The molecule has 0 saturated heterocycles. The Bertz CT molecular complexity index is 427. The van der Waals surface area contributed by atoms with E-state index in [1.165, 1.54) is 11.1 Å². The zero-order valence-corrected chi connectivity index (χ0v) is 10.1. The molecule has 1 aromatic rings. The second kappa shape index (κ2) is 3.62. The van der Waals surface area contributed by atoms with E-state index in [9.17, 15) is 4.79 Å². The maximum Gasteiger partial charge on any atom is 0.310 e. The lowest BCUT2D eigenvalue weighted by molar-refractivity contribution is -0.138. The van der Waals surface area contributed by atoms with Crippen LogP contribution in [0.2, 0.25) is 0 Å². The average Bonchev–Trinajstić information content (AvgIpc) is 2.58. The molecule has 0 spiro atoms. The first-order chi connectivity index (χ1) is 7.39. The molecule has 2 rings (SSSR count). The number of hydrogen-bond donors (Lipinski definition) is 1. The summed E-state index contributed by atoms with van der Waals surface area (Å²) in [5, 5.41) is 9.09. The lowest BCUT2D eigenvalue weighted by Gasteiger charge is -2.20. The highest BCUT2D eigenvalue weighted by Gasteiger charge is 2.29. The van der Waals surface area contributed by atoms with Gasteiger partial charge in [-0.15, -0.1) is 0 Å². The van der Waals surface area contributed by atoms with E-state index < -0.39 is 5.97 Å². The highest BCUT2D eigenvalue weighted by atomic mass is 16.4. The summed E-state index contributed by atoms with van der Waals surface area (Å²) in [7, 11) is 0. The lowest BCUT2D eigenvalue weighted by Crippen LogP contribution is -2.12. The van der Waals surface area contributed by atoms with Crippen molar-refractivity contribution in [3.63, 3.8) is 0 Å². The van der Waals surface area contributed by atoms with Gasteiger partial charge in [0.1, 0.15) is 0 Å². The molecule has 0 amide bonds. The number of hydrogen-bond acceptors (Lipinski definition) is 1. The summed E-state index contributed by atoms with van der Waals surface area (Å²) in [5.74, 6) is -0.980. The summed E-state index contributed by atoms with van der Waals surface area (Å²) < 4.78 is 0. The molecular formula is C14H18O2. The van der Waals surface area contributed by atoms with Crippen molar-refractivity contribution in [2.24, 2.45) is 0 Å². The second-order valence-electron chi connectivity index (χ2n) is 5.59. The SMILES string of the molecule is CC(C)(C)c1ccc2c(c1)CCC2C(=O)O. The van der Waals surface area contributed by atoms with Crippen molar-refractivity contribution in [3.05, 3.63) is 34.9 Å². The van der Waals surface area contributed by atoms with Gasteiger partial charge in [0.15, 0.2) is 0 Å². The van der Waals surface area contributed by atoms with Crippen molar-refractivity contribution < 1.29 is 9.90 Å². The predicted octanol–water partition coefficient (Wildman–Crippen LogP) is 3.10. The van der Waals surface area contributed by atoms with Gasteiger partial charge in [0.25, 0.3) is 0 Å². The first-order valence-electron chi connectivity index (χ1n) is 5.75. The van der Waals surface area contributed by atoms with Crippen molar-refractivity contribution in [3.8, 4) is 0 Å². The quantitative estimate of drug-likeness (QED) is 0.786. The maximum atomic E-state index is 11.0. The third kappa shape index (κ3) is 1.84. The van der Waals surface area contributed by atoms with Crippen LogP contribution < -0.4 is 0 Å². The number of aryl methyl sites for hydroxylation is 1. The minimum atomic E-state index is -0.692. The molecule has 0 bridgehead atoms. The van der Waals surface area contributed by atoms with Gasteiger partial charge < -0.3 is 5.11 Å². The van der Waals surface area contributed by atoms with E-state index in [1.807, 2.05) is 6.07 Å². The summed E-state index contributed by atoms with van der Waals surface area (Å²) in [4.78, 5) is 11.0. The fourth-order valence-electron chi connectivity index (χ4n) is 2.34. The van der Waals surface area contributed by atoms with Gasteiger partial charge >= 0.3 is 5.97 Å². The van der Waals surface area contributed by atoms with Crippen LogP contribution in [0.1, 0.15) is 49.8 Å². The van der Waals surface area contributed by atoms with Gasteiger partial charge in [0, 0.05) is 0 Å². The third-order valence-corrected chi connectivity index (χ3v) is 3.38. The van der Waals surface area contributed by atoms with Crippen LogP contribution in [0.15, 0.2) is 18.2 Å². The monoisotopic (exact) mass is 218 g/mol. The van der Waals surface area contributed by atoms with Gasteiger partial charge in [-0.25, -0.2) is 0 Å². The minimum Gasteiger partial charge on any atom is -0.481 e. The predicted molar refractivity (Wildman–Crippen MR) is 63.8 cm³/mol. The van der Waals surface area contributed by atoms with E-state index in [4.69, 9.17) is 5.11 Å². The normalized spacial score (nSPS) is 19.6. The number of carboxylic acid groups (broad SMARTS) is 1. The summed E-state index contributed by atoms with van der Waals surface area (Å²) in [6.07, 6.45) is 1.65. The number of carboxylic acids is 1. The molecule has 16 heavy (non-hydrogen) atoms. The molecule has 0 aromatic heterocycles. The number of fused-ring (bicyclic) bond motifs is 1. The zero-order chi connectivity index (χ0) is 11.9. The van der Waals surface area contributed by atoms with Crippen molar-refractivity contribution in [2.45, 2.75) is 44.9 Å². The molecule has 1 aliphatic carbocycles. The molecule has 0 saturated carbocycles. The highest BCUT2D eigenvalue weighted by molar-refractivity contribution is 5.77. The lowest BCUT2D eigenvalue weighted by atomic mass is 9.85. The van der Waals surface area contributed by atoms with Crippen molar-refractivity contribution >= 4 is 5.97 Å². The van der Waals surface area contributed by atoms with Crippen molar-refractivity contribution in [1.29, 1.82) is 0 Å². The van der Waals surface area contributed by atoms with Crippen LogP contribution in [-0.4, -0.2) is 11.1 Å². The summed E-state index contributed by atoms with van der Waals surface area (Å²) in [6, 6.07) is 6.25. The molecule has 0 fully saturated rings. The average molecular weight is 218 g/mol. The molecule has 1 unspecified atom stereocenters. The summed E-state index contributed by atoms with van der Waals surface area (Å²) in [5.41, 5.74) is 3.66. The van der Waals surface area contributed by atoms with E-state index in [0.717, 1.165) is 18.4 Å². The molecule has 0 radical (unpaired) electrons. The summed E-state index contributed by atoms with van der Waals surface area (Å²) >= 11 is 0. The first-order valence-corrected chi connectivity index (χ1v) is 5.75. The van der Waals surface area contributed by atoms with Gasteiger partial charge in [-0.05, 0) is 34.9 Å². The Morgan fingerprint density at radius 3 is 2.62 bits per heavy atom. The van der Waals surface area contributed by atoms with Crippen LogP contribution in [0.25, 0.3) is 0 Å². The van der Waals surface area contributed by atoms with Crippen LogP contribution in [0, 0.1) is 0 Å². The van der Waals surface area contributed by atoms with Gasteiger partial charge in [0.2, 0.25) is 0 Å². The van der Waals surface area contributed by atoms with E-state index in [-0.39, 0.29) is 11.3 Å². The van der Waals surface area contributed by atoms with Crippen LogP contribution >= 0.6 is 0 Å². The number of benzene rings is 1. The van der Waals surface area contributed by atoms with Crippen molar-refractivity contribution in [2.75, 3.05) is 0 Å².